The van der Waals surface area contributed by atoms with E-state index < -0.39 is 0 Å². The van der Waals surface area contributed by atoms with Crippen molar-refractivity contribution in [2.24, 2.45) is 0 Å². The molecule has 0 saturated carbocycles. The average molecular weight is 211 g/mol. The van der Waals surface area contributed by atoms with E-state index in [1.54, 1.807) is 6.26 Å². The number of nitrogens with zero attached hydrogens (tertiary/aromatic N) is 1. The van der Waals surface area contributed by atoms with Gasteiger partial charge in [0, 0.05) is 6.42 Å². The minimum Gasteiger partial charge on any atom is -0.469 e. The smallest absolute Gasteiger partial charge is 0.305 e. The van der Waals surface area contributed by atoms with Crippen molar-refractivity contribution in [3.63, 3.8) is 0 Å². The van der Waals surface area contributed by atoms with Gasteiger partial charge in [-0.25, -0.2) is 0 Å². The van der Waals surface area contributed by atoms with Crippen molar-refractivity contribution >= 4 is 5.97 Å². The number of esters is 1. The van der Waals surface area contributed by atoms with E-state index in [1.807, 2.05) is 19.2 Å². The van der Waals surface area contributed by atoms with Gasteiger partial charge in [0.15, 0.2) is 0 Å². The lowest BCUT2D eigenvalue weighted by atomic mass is 10.3. The molecule has 0 amide bonds. The van der Waals surface area contributed by atoms with Gasteiger partial charge in [0.05, 0.1) is 19.9 Å². The summed E-state index contributed by atoms with van der Waals surface area (Å²) >= 11 is 0. The second kappa shape index (κ2) is 6.24. The molecular formula is C11H17NO3. The number of rotatable bonds is 6. The quantitative estimate of drug-likeness (QED) is 0.671. The molecule has 0 bridgehead atoms. The zero-order valence-corrected chi connectivity index (χ0v) is 9.23. The van der Waals surface area contributed by atoms with Crippen molar-refractivity contribution in [2.75, 3.05) is 20.7 Å². The van der Waals surface area contributed by atoms with Crippen LogP contribution < -0.4 is 0 Å². The third kappa shape index (κ3) is 4.65. The first-order chi connectivity index (χ1) is 7.22. The molecule has 0 radical (unpaired) electrons. The number of furan rings is 1. The van der Waals surface area contributed by atoms with Crippen LogP contribution in [-0.2, 0) is 16.1 Å². The molecule has 0 fully saturated rings. The van der Waals surface area contributed by atoms with Crippen LogP contribution in [0.15, 0.2) is 22.8 Å². The van der Waals surface area contributed by atoms with Gasteiger partial charge in [-0.1, -0.05) is 0 Å². The zero-order chi connectivity index (χ0) is 11.1. The van der Waals surface area contributed by atoms with Gasteiger partial charge in [0.1, 0.15) is 5.76 Å². The Morgan fingerprint density at radius 1 is 1.60 bits per heavy atom. The fourth-order valence-electron chi connectivity index (χ4n) is 1.34. The Balaban J connectivity index is 2.14. The Morgan fingerprint density at radius 2 is 2.40 bits per heavy atom. The first kappa shape index (κ1) is 11.8. The Bertz CT molecular complexity index is 282. The second-order valence-electron chi connectivity index (χ2n) is 3.50. The number of hydrogen-bond acceptors (Lipinski definition) is 4. The first-order valence-corrected chi connectivity index (χ1v) is 5.00. The molecule has 0 aliphatic carbocycles. The molecule has 1 rings (SSSR count). The normalized spacial score (nSPS) is 10.6. The van der Waals surface area contributed by atoms with Crippen molar-refractivity contribution in [3.05, 3.63) is 24.2 Å². The van der Waals surface area contributed by atoms with Gasteiger partial charge in [0.2, 0.25) is 0 Å². The summed E-state index contributed by atoms with van der Waals surface area (Å²) < 4.78 is 9.78. The lowest BCUT2D eigenvalue weighted by molar-refractivity contribution is -0.140. The molecule has 15 heavy (non-hydrogen) atoms. The van der Waals surface area contributed by atoms with E-state index in [0.29, 0.717) is 6.42 Å². The minimum atomic E-state index is -0.151. The molecule has 0 N–H and O–H groups in total. The third-order valence-corrected chi connectivity index (χ3v) is 2.15. The number of ether oxygens (including phenoxy) is 1. The van der Waals surface area contributed by atoms with Crippen LogP contribution in [0.25, 0.3) is 0 Å². The third-order valence-electron chi connectivity index (χ3n) is 2.15. The van der Waals surface area contributed by atoms with E-state index in [0.717, 1.165) is 25.3 Å². The summed E-state index contributed by atoms with van der Waals surface area (Å²) in [7, 11) is 3.41. The average Bonchev–Trinajstić information content (AvgIpc) is 2.70. The summed E-state index contributed by atoms with van der Waals surface area (Å²) in [6, 6.07) is 3.81. The van der Waals surface area contributed by atoms with Crippen molar-refractivity contribution in [1.82, 2.24) is 4.90 Å². The Morgan fingerprint density at radius 3 is 3.00 bits per heavy atom. The SMILES string of the molecule is COC(=O)CCCN(C)Cc1ccco1. The van der Waals surface area contributed by atoms with Gasteiger partial charge in [-0.2, -0.15) is 0 Å². The highest BCUT2D eigenvalue weighted by atomic mass is 16.5. The van der Waals surface area contributed by atoms with Crippen LogP contribution in [0.1, 0.15) is 18.6 Å². The number of hydrogen-bond donors (Lipinski definition) is 0. The molecule has 0 atom stereocenters. The molecule has 1 aromatic rings. The Hall–Kier alpha value is -1.29. The molecule has 0 aliphatic heterocycles. The number of carbonyl (C=O) groups excluding carboxylic acids is 1. The molecule has 4 heteroatoms. The summed E-state index contributed by atoms with van der Waals surface area (Å²) in [6.07, 6.45) is 2.94. The fourth-order valence-corrected chi connectivity index (χ4v) is 1.34. The maximum atomic E-state index is 10.9. The van der Waals surface area contributed by atoms with Gasteiger partial charge < -0.3 is 9.15 Å². The summed E-state index contributed by atoms with van der Waals surface area (Å²) in [5, 5.41) is 0. The van der Waals surface area contributed by atoms with E-state index in [2.05, 4.69) is 9.64 Å². The highest BCUT2D eigenvalue weighted by Crippen LogP contribution is 2.04. The molecule has 0 saturated heterocycles. The molecule has 0 aromatic carbocycles. The Labute approximate surface area is 89.8 Å². The van der Waals surface area contributed by atoms with Gasteiger partial charge in [-0.15, -0.1) is 0 Å². The molecular weight excluding hydrogens is 194 g/mol. The van der Waals surface area contributed by atoms with E-state index in [9.17, 15) is 4.79 Å². The van der Waals surface area contributed by atoms with Gasteiger partial charge in [-0.3, -0.25) is 9.69 Å². The largest absolute Gasteiger partial charge is 0.469 e. The van der Waals surface area contributed by atoms with E-state index in [4.69, 9.17) is 4.42 Å². The van der Waals surface area contributed by atoms with Crippen molar-refractivity contribution in [2.45, 2.75) is 19.4 Å². The van der Waals surface area contributed by atoms with Crippen LogP contribution in [0.3, 0.4) is 0 Å². The predicted octanol–water partition coefficient (Wildman–Crippen LogP) is 1.66. The van der Waals surface area contributed by atoms with Crippen LogP contribution in [0.4, 0.5) is 0 Å². The molecule has 0 unspecified atom stereocenters. The van der Waals surface area contributed by atoms with Crippen LogP contribution >= 0.6 is 0 Å². The summed E-state index contributed by atoms with van der Waals surface area (Å²) in [6.45, 7) is 1.63. The summed E-state index contributed by atoms with van der Waals surface area (Å²) in [5.74, 6) is 0.789. The van der Waals surface area contributed by atoms with Crippen LogP contribution in [0, 0.1) is 0 Å². The van der Waals surface area contributed by atoms with E-state index in [-0.39, 0.29) is 5.97 Å². The first-order valence-electron chi connectivity index (χ1n) is 5.00. The summed E-state index contributed by atoms with van der Waals surface area (Å²) in [4.78, 5) is 13.0. The maximum Gasteiger partial charge on any atom is 0.305 e. The molecule has 4 nitrogen and oxygen atoms in total. The van der Waals surface area contributed by atoms with Crippen molar-refractivity contribution < 1.29 is 13.9 Å². The number of carbonyl (C=O) groups is 1. The fraction of sp³-hybridized carbons (Fsp3) is 0.545. The van der Waals surface area contributed by atoms with Crippen LogP contribution in [0.5, 0.6) is 0 Å². The van der Waals surface area contributed by atoms with Crippen LogP contribution in [-0.4, -0.2) is 31.6 Å². The topological polar surface area (TPSA) is 42.7 Å². The highest BCUT2D eigenvalue weighted by Gasteiger charge is 2.04. The maximum absolute atomic E-state index is 10.9. The predicted molar refractivity (Wildman–Crippen MR) is 56.3 cm³/mol. The van der Waals surface area contributed by atoms with Crippen molar-refractivity contribution in [1.29, 1.82) is 0 Å². The second-order valence-corrected chi connectivity index (χ2v) is 3.50. The minimum absolute atomic E-state index is 0.151. The van der Waals surface area contributed by atoms with E-state index >= 15 is 0 Å². The zero-order valence-electron chi connectivity index (χ0n) is 9.23. The Kier molecular flexibility index (Phi) is 4.90. The molecule has 84 valence electrons. The molecule has 0 spiro atoms. The monoisotopic (exact) mass is 211 g/mol. The lowest BCUT2D eigenvalue weighted by Crippen LogP contribution is -2.19. The number of methoxy groups -OCH3 is 1. The highest BCUT2D eigenvalue weighted by molar-refractivity contribution is 5.69. The standard InChI is InChI=1S/C11H17NO3/c1-12(7-3-6-11(13)14-2)9-10-5-4-8-15-10/h4-5,8H,3,6-7,9H2,1-2H3. The van der Waals surface area contributed by atoms with Gasteiger partial charge in [0.25, 0.3) is 0 Å². The molecule has 1 aromatic heterocycles. The van der Waals surface area contributed by atoms with Gasteiger partial charge in [-0.05, 0) is 32.1 Å². The van der Waals surface area contributed by atoms with Crippen molar-refractivity contribution in [3.8, 4) is 0 Å². The lowest BCUT2D eigenvalue weighted by Gasteiger charge is -2.14. The summed E-state index contributed by atoms with van der Waals surface area (Å²) in [5.41, 5.74) is 0. The molecule has 0 aliphatic rings. The van der Waals surface area contributed by atoms with Gasteiger partial charge >= 0.3 is 5.97 Å². The molecule has 1 heterocycles. The van der Waals surface area contributed by atoms with E-state index in [1.165, 1.54) is 7.11 Å². The van der Waals surface area contributed by atoms with Crippen LogP contribution in [0.2, 0.25) is 0 Å².